The first-order valence-electron chi connectivity index (χ1n) is 8.89. The van der Waals surface area contributed by atoms with Crippen LogP contribution in [0.1, 0.15) is 10.4 Å². The van der Waals surface area contributed by atoms with Crippen LogP contribution in [0, 0.1) is 10.1 Å². The molecule has 0 saturated carbocycles. The molecule has 9 nitrogen and oxygen atoms in total. The molecule has 11 heteroatoms. The van der Waals surface area contributed by atoms with Crippen LogP contribution >= 0.6 is 23.2 Å². The topological polar surface area (TPSA) is 111 Å². The predicted octanol–water partition coefficient (Wildman–Crippen LogP) is 3.53. The maximum absolute atomic E-state index is 12.6. The fourth-order valence-electron chi connectivity index (χ4n) is 2.88. The number of hydrogen-bond acceptors (Lipinski definition) is 7. The summed E-state index contributed by atoms with van der Waals surface area (Å²) in [4.78, 5) is 37.2. The standard InChI is InChI=1S/C19H17Cl2N3O6/c20-14-2-1-3-15(18(14)21)22-17(25)11-30-19(26)13-10-12(24(27)28)4-5-16(13)23-6-8-29-9-7-23/h1-5,10H,6-9,11H2,(H,22,25). The van der Waals surface area contributed by atoms with E-state index in [2.05, 4.69) is 5.32 Å². The zero-order valence-corrected chi connectivity index (χ0v) is 17.1. The summed E-state index contributed by atoms with van der Waals surface area (Å²) in [6.45, 7) is 1.37. The molecule has 1 aliphatic rings. The maximum atomic E-state index is 12.6. The number of esters is 1. The van der Waals surface area contributed by atoms with Crippen molar-refractivity contribution in [2.24, 2.45) is 0 Å². The fourth-order valence-corrected chi connectivity index (χ4v) is 3.22. The van der Waals surface area contributed by atoms with Crippen LogP contribution in [0.25, 0.3) is 0 Å². The molecule has 1 aliphatic heterocycles. The SMILES string of the molecule is O=C(COC(=O)c1cc([N+](=O)[O-])ccc1N1CCOCC1)Nc1cccc(Cl)c1Cl. The van der Waals surface area contributed by atoms with Gasteiger partial charge >= 0.3 is 5.97 Å². The third-order valence-electron chi connectivity index (χ3n) is 4.32. The van der Waals surface area contributed by atoms with E-state index in [4.69, 9.17) is 32.7 Å². The van der Waals surface area contributed by atoms with Crippen LogP contribution in [-0.4, -0.2) is 49.7 Å². The summed E-state index contributed by atoms with van der Waals surface area (Å²) in [5.41, 5.74) is 0.496. The largest absolute Gasteiger partial charge is 0.452 e. The van der Waals surface area contributed by atoms with Crippen molar-refractivity contribution in [1.82, 2.24) is 0 Å². The first-order chi connectivity index (χ1) is 14.4. The molecule has 1 saturated heterocycles. The Bertz CT molecular complexity index is 979. The van der Waals surface area contributed by atoms with Gasteiger partial charge in [-0.15, -0.1) is 0 Å². The Morgan fingerprint density at radius 3 is 2.63 bits per heavy atom. The smallest absolute Gasteiger partial charge is 0.341 e. The highest BCUT2D eigenvalue weighted by atomic mass is 35.5. The lowest BCUT2D eigenvalue weighted by atomic mass is 10.1. The molecule has 2 aromatic carbocycles. The first-order valence-corrected chi connectivity index (χ1v) is 9.64. The average Bonchev–Trinajstić information content (AvgIpc) is 2.75. The molecule has 0 aliphatic carbocycles. The van der Waals surface area contributed by atoms with Crippen molar-refractivity contribution in [2.75, 3.05) is 43.1 Å². The molecule has 0 aromatic heterocycles. The zero-order chi connectivity index (χ0) is 21.7. The second kappa shape index (κ2) is 9.75. The van der Waals surface area contributed by atoms with Crippen molar-refractivity contribution in [3.63, 3.8) is 0 Å². The Hall–Kier alpha value is -2.88. The van der Waals surface area contributed by atoms with E-state index in [-0.39, 0.29) is 27.0 Å². The number of morpholine rings is 1. The van der Waals surface area contributed by atoms with Gasteiger partial charge in [0.2, 0.25) is 0 Å². The van der Waals surface area contributed by atoms with Gasteiger partial charge in [-0.1, -0.05) is 29.3 Å². The summed E-state index contributed by atoms with van der Waals surface area (Å²) < 4.78 is 10.4. The number of nitrogens with zero attached hydrogens (tertiary/aromatic N) is 2. The van der Waals surface area contributed by atoms with Gasteiger partial charge < -0.3 is 19.7 Å². The number of ether oxygens (including phenoxy) is 2. The molecular formula is C19H17Cl2N3O6. The van der Waals surface area contributed by atoms with Crippen molar-refractivity contribution in [2.45, 2.75) is 0 Å². The minimum absolute atomic E-state index is 0.000289. The van der Waals surface area contributed by atoms with E-state index in [9.17, 15) is 19.7 Å². The fraction of sp³-hybridized carbons (Fsp3) is 0.263. The second-order valence-corrected chi connectivity index (χ2v) is 7.07. The lowest BCUT2D eigenvalue weighted by Crippen LogP contribution is -2.37. The van der Waals surface area contributed by atoms with Crippen LogP contribution in [0.4, 0.5) is 17.1 Å². The normalized spacial score (nSPS) is 13.6. The minimum Gasteiger partial charge on any atom is -0.452 e. The van der Waals surface area contributed by atoms with E-state index >= 15 is 0 Å². The van der Waals surface area contributed by atoms with Crippen LogP contribution in [0.2, 0.25) is 10.0 Å². The highest BCUT2D eigenvalue weighted by Crippen LogP contribution is 2.30. The van der Waals surface area contributed by atoms with Crippen LogP contribution in [0.15, 0.2) is 36.4 Å². The van der Waals surface area contributed by atoms with Crippen LogP contribution in [0.3, 0.4) is 0 Å². The van der Waals surface area contributed by atoms with Gasteiger partial charge in [0, 0.05) is 25.2 Å². The molecule has 0 unspecified atom stereocenters. The molecule has 1 heterocycles. The molecule has 0 radical (unpaired) electrons. The van der Waals surface area contributed by atoms with Crippen molar-refractivity contribution >= 4 is 52.1 Å². The van der Waals surface area contributed by atoms with Gasteiger partial charge in [0.25, 0.3) is 11.6 Å². The molecule has 0 bridgehead atoms. The lowest BCUT2D eigenvalue weighted by Gasteiger charge is -2.30. The molecule has 2 aromatic rings. The van der Waals surface area contributed by atoms with Crippen LogP contribution in [0.5, 0.6) is 0 Å². The Balaban J connectivity index is 1.73. The number of non-ortho nitro benzene ring substituents is 1. The molecule has 3 rings (SSSR count). The Morgan fingerprint density at radius 2 is 1.93 bits per heavy atom. The summed E-state index contributed by atoms with van der Waals surface area (Å²) in [5, 5.41) is 14.0. The van der Waals surface area contributed by atoms with Gasteiger partial charge in [-0.2, -0.15) is 0 Å². The van der Waals surface area contributed by atoms with Gasteiger partial charge in [-0.25, -0.2) is 4.79 Å². The second-order valence-electron chi connectivity index (χ2n) is 6.28. The quantitative estimate of drug-likeness (QED) is 0.404. The highest BCUT2D eigenvalue weighted by molar-refractivity contribution is 6.44. The molecule has 0 atom stereocenters. The Morgan fingerprint density at radius 1 is 1.20 bits per heavy atom. The lowest BCUT2D eigenvalue weighted by molar-refractivity contribution is -0.384. The van der Waals surface area contributed by atoms with Gasteiger partial charge in [0.15, 0.2) is 6.61 Å². The van der Waals surface area contributed by atoms with Crippen molar-refractivity contribution in [3.8, 4) is 0 Å². The maximum Gasteiger partial charge on any atom is 0.341 e. The number of hydrogen-bond donors (Lipinski definition) is 1. The van der Waals surface area contributed by atoms with Crippen molar-refractivity contribution in [1.29, 1.82) is 0 Å². The summed E-state index contributed by atoms with van der Waals surface area (Å²) in [6.07, 6.45) is 0. The molecule has 30 heavy (non-hydrogen) atoms. The summed E-state index contributed by atoms with van der Waals surface area (Å²) in [5.74, 6) is -1.49. The van der Waals surface area contributed by atoms with E-state index in [0.29, 0.717) is 32.0 Å². The molecule has 1 amide bonds. The number of carbonyl (C=O) groups excluding carboxylic acids is 2. The third-order valence-corrected chi connectivity index (χ3v) is 5.14. The molecule has 1 fully saturated rings. The number of carbonyl (C=O) groups is 2. The number of benzene rings is 2. The molecule has 158 valence electrons. The number of nitro groups is 1. The number of nitro benzene ring substituents is 1. The number of halogens is 2. The number of rotatable bonds is 6. The predicted molar refractivity (Wildman–Crippen MR) is 112 cm³/mol. The monoisotopic (exact) mass is 453 g/mol. The number of nitrogens with one attached hydrogen (secondary N) is 1. The molecule has 0 spiro atoms. The minimum atomic E-state index is -0.854. The van der Waals surface area contributed by atoms with Crippen LogP contribution < -0.4 is 10.2 Å². The van der Waals surface area contributed by atoms with Gasteiger partial charge in [0.1, 0.15) is 0 Å². The highest BCUT2D eigenvalue weighted by Gasteiger charge is 2.23. The summed E-state index contributed by atoms with van der Waals surface area (Å²) in [6, 6.07) is 8.66. The average molecular weight is 454 g/mol. The van der Waals surface area contributed by atoms with E-state index in [1.54, 1.807) is 18.2 Å². The summed E-state index contributed by atoms with van der Waals surface area (Å²) >= 11 is 11.9. The van der Waals surface area contributed by atoms with Gasteiger partial charge in [0.05, 0.1) is 45.1 Å². The molecular weight excluding hydrogens is 437 g/mol. The zero-order valence-electron chi connectivity index (χ0n) is 15.6. The first kappa shape index (κ1) is 21.8. The van der Waals surface area contributed by atoms with E-state index < -0.39 is 23.4 Å². The summed E-state index contributed by atoms with van der Waals surface area (Å²) in [7, 11) is 0. The van der Waals surface area contributed by atoms with Gasteiger partial charge in [-0.05, 0) is 18.2 Å². The Kier molecular flexibility index (Phi) is 7.09. The van der Waals surface area contributed by atoms with E-state index in [1.165, 1.54) is 12.1 Å². The van der Waals surface area contributed by atoms with Crippen molar-refractivity contribution < 1.29 is 24.0 Å². The van der Waals surface area contributed by atoms with Crippen LogP contribution in [-0.2, 0) is 14.3 Å². The van der Waals surface area contributed by atoms with E-state index in [0.717, 1.165) is 6.07 Å². The molecule has 1 N–H and O–H groups in total. The number of amides is 1. The van der Waals surface area contributed by atoms with E-state index in [1.807, 2.05) is 4.90 Å². The number of anilines is 2. The Labute approximate surface area is 181 Å². The third kappa shape index (κ3) is 5.18. The van der Waals surface area contributed by atoms with Crippen molar-refractivity contribution in [3.05, 3.63) is 62.1 Å². The van der Waals surface area contributed by atoms with Gasteiger partial charge in [-0.3, -0.25) is 14.9 Å².